The molecule has 0 aliphatic heterocycles. The number of nitrogens with two attached hydrogens (primary N) is 1. The van der Waals surface area contributed by atoms with E-state index in [1.165, 1.54) is 5.56 Å². The van der Waals surface area contributed by atoms with Crippen LogP contribution in [0.25, 0.3) is 16.5 Å². The van der Waals surface area contributed by atoms with E-state index in [9.17, 15) is 0 Å². The Morgan fingerprint density at radius 2 is 1.96 bits per heavy atom. The van der Waals surface area contributed by atoms with Gasteiger partial charge in [-0.25, -0.2) is 0 Å². The Morgan fingerprint density at radius 1 is 1.09 bits per heavy atom. The van der Waals surface area contributed by atoms with Crippen LogP contribution < -0.4 is 10.5 Å². The Balaban J connectivity index is 1.62. The summed E-state index contributed by atoms with van der Waals surface area (Å²) in [5, 5.41) is 2.17. The van der Waals surface area contributed by atoms with E-state index in [1.807, 2.05) is 48.7 Å². The fraction of sp³-hybridized carbons (Fsp3) is 0.0500. The highest BCUT2D eigenvalue weighted by Gasteiger charge is 2.21. The largest absolute Gasteiger partial charge is 0.458 e. The average Bonchev–Trinajstić information content (AvgIpc) is 2.92. The second kappa shape index (κ2) is 5.29. The van der Waals surface area contributed by atoms with Crippen LogP contribution >= 0.6 is 0 Å². The van der Waals surface area contributed by atoms with Crippen molar-refractivity contribution >= 4 is 16.5 Å². The molecule has 0 saturated carbocycles. The van der Waals surface area contributed by atoms with Gasteiger partial charge in [-0.3, -0.25) is 4.98 Å². The van der Waals surface area contributed by atoms with Gasteiger partial charge in [0.05, 0.1) is 0 Å². The van der Waals surface area contributed by atoms with Gasteiger partial charge in [0.15, 0.2) is 0 Å². The SMILES string of the molecule is C=C(Oc1ccc2cnccc2c1)C1=C(N)c2ccccc2C1. The number of aromatic nitrogens is 1. The summed E-state index contributed by atoms with van der Waals surface area (Å²) in [6.45, 7) is 4.07. The summed E-state index contributed by atoms with van der Waals surface area (Å²) < 4.78 is 5.96. The molecule has 0 fully saturated rings. The van der Waals surface area contributed by atoms with Crippen LogP contribution in [0.3, 0.4) is 0 Å². The molecular weight excluding hydrogens is 284 g/mol. The Labute approximate surface area is 134 Å². The molecule has 1 heterocycles. The van der Waals surface area contributed by atoms with Crippen LogP contribution in [0.5, 0.6) is 5.75 Å². The standard InChI is InChI=1S/C20H16N2O/c1-13(19-11-15-4-2-3-5-18(15)20(19)21)23-17-7-6-16-12-22-9-8-14(16)10-17/h2-10,12H,1,11,21H2. The number of nitrogens with zero attached hydrogens (tertiary/aromatic N) is 1. The first kappa shape index (κ1) is 13.6. The number of pyridine rings is 1. The number of allylic oxidation sites excluding steroid dienone is 1. The lowest BCUT2D eigenvalue weighted by atomic mass is 10.1. The van der Waals surface area contributed by atoms with Crippen LogP contribution in [0, 0.1) is 0 Å². The van der Waals surface area contributed by atoms with E-state index in [2.05, 4.69) is 17.6 Å². The van der Waals surface area contributed by atoms with Gasteiger partial charge in [0, 0.05) is 41.0 Å². The number of hydrogen-bond acceptors (Lipinski definition) is 3. The fourth-order valence-corrected chi connectivity index (χ4v) is 2.96. The van der Waals surface area contributed by atoms with E-state index in [4.69, 9.17) is 10.5 Å². The number of benzene rings is 2. The highest BCUT2D eigenvalue weighted by atomic mass is 16.5. The molecule has 0 unspecified atom stereocenters. The summed E-state index contributed by atoms with van der Waals surface area (Å²) in [7, 11) is 0. The minimum atomic E-state index is 0.604. The summed E-state index contributed by atoms with van der Waals surface area (Å²) in [5.41, 5.74) is 10.3. The summed E-state index contributed by atoms with van der Waals surface area (Å²) >= 11 is 0. The van der Waals surface area contributed by atoms with Crippen LogP contribution in [0.4, 0.5) is 0 Å². The molecule has 0 atom stereocenters. The molecule has 4 rings (SSSR count). The van der Waals surface area contributed by atoms with Gasteiger partial charge >= 0.3 is 0 Å². The summed E-state index contributed by atoms with van der Waals surface area (Å²) in [6.07, 6.45) is 4.37. The molecule has 1 aromatic heterocycles. The van der Waals surface area contributed by atoms with Crippen molar-refractivity contribution in [3.63, 3.8) is 0 Å². The van der Waals surface area contributed by atoms with E-state index < -0.39 is 0 Å². The smallest absolute Gasteiger partial charge is 0.128 e. The first-order valence-corrected chi connectivity index (χ1v) is 7.50. The molecular formula is C20H16N2O. The number of fused-ring (bicyclic) bond motifs is 2. The quantitative estimate of drug-likeness (QED) is 0.742. The Hall–Kier alpha value is -3.07. The molecule has 3 aromatic rings. The topological polar surface area (TPSA) is 48.1 Å². The van der Waals surface area contributed by atoms with Gasteiger partial charge in [0.1, 0.15) is 11.5 Å². The van der Waals surface area contributed by atoms with Crippen molar-refractivity contribution in [3.8, 4) is 5.75 Å². The molecule has 23 heavy (non-hydrogen) atoms. The van der Waals surface area contributed by atoms with Gasteiger partial charge in [-0.2, -0.15) is 0 Å². The van der Waals surface area contributed by atoms with Crippen molar-refractivity contribution in [1.82, 2.24) is 4.98 Å². The second-order valence-electron chi connectivity index (χ2n) is 5.64. The molecule has 0 amide bonds. The molecule has 3 heteroatoms. The van der Waals surface area contributed by atoms with Crippen LogP contribution in [0.1, 0.15) is 11.1 Å². The van der Waals surface area contributed by atoms with Gasteiger partial charge in [-0.1, -0.05) is 30.8 Å². The summed E-state index contributed by atoms with van der Waals surface area (Å²) in [4.78, 5) is 4.12. The highest BCUT2D eigenvalue weighted by Crippen LogP contribution is 2.34. The maximum absolute atomic E-state index is 6.27. The van der Waals surface area contributed by atoms with Crippen molar-refractivity contribution in [2.24, 2.45) is 5.73 Å². The van der Waals surface area contributed by atoms with Gasteiger partial charge in [-0.15, -0.1) is 0 Å². The van der Waals surface area contributed by atoms with Crippen molar-refractivity contribution in [2.45, 2.75) is 6.42 Å². The molecule has 0 spiro atoms. The van der Waals surface area contributed by atoms with Crippen molar-refractivity contribution in [2.75, 3.05) is 0 Å². The molecule has 112 valence electrons. The molecule has 1 aliphatic carbocycles. The van der Waals surface area contributed by atoms with E-state index in [0.29, 0.717) is 5.76 Å². The highest BCUT2D eigenvalue weighted by molar-refractivity contribution is 5.83. The molecule has 3 nitrogen and oxygen atoms in total. The first-order chi connectivity index (χ1) is 11.2. The van der Waals surface area contributed by atoms with Gasteiger partial charge < -0.3 is 10.5 Å². The molecule has 0 saturated heterocycles. The number of hydrogen-bond donors (Lipinski definition) is 1. The maximum Gasteiger partial charge on any atom is 0.128 e. The zero-order valence-corrected chi connectivity index (χ0v) is 12.6. The molecule has 1 aliphatic rings. The van der Waals surface area contributed by atoms with Gasteiger partial charge in [0.25, 0.3) is 0 Å². The van der Waals surface area contributed by atoms with Gasteiger partial charge in [-0.05, 0) is 35.2 Å². The minimum absolute atomic E-state index is 0.604. The van der Waals surface area contributed by atoms with Crippen molar-refractivity contribution in [1.29, 1.82) is 0 Å². The van der Waals surface area contributed by atoms with Crippen LogP contribution in [0.2, 0.25) is 0 Å². The van der Waals surface area contributed by atoms with E-state index >= 15 is 0 Å². The Morgan fingerprint density at radius 3 is 2.83 bits per heavy atom. The third-order valence-electron chi connectivity index (χ3n) is 4.19. The van der Waals surface area contributed by atoms with Crippen LogP contribution in [0.15, 0.2) is 78.8 Å². The fourth-order valence-electron chi connectivity index (χ4n) is 2.96. The average molecular weight is 300 g/mol. The third-order valence-corrected chi connectivity index (χ3v) is 4.19. The second-order valence-corrected chi connectivity index (χ2v) is 5.64. The molecule has 0 bridgehead atoms. The van der Waals surface area contributed by atoms with Crippen molar-refractivity contribution in [3.05, 3.63) is 90.0 Å². The van der Waals surface area contributed by atoms with Crippen LogP contribution in [-0.4, -0.2) is 4.98 Å². The monoisotopic (exact) mass is 300 g/mol. The Bertz CT molecular complexity index is 957. The summed E-state index contributed by atoms with van der Waals surface area (Å²) in [6, 6.07) is 16.0. The molecule has 0 radical (unpaired) electrons. The predicted molar refractivity (Wildman–Crippen MR) is 92.8 cm³/mol. The zero-order chi connectivity index (χ0) is 15.8. The van der Waals surface area contributed by atoms with E-state index in [-0.39, 0.29) is 0 Å². The summed E-state index contributed by atoms with van der Waals surface area (Å²) in [5.74, 6) is 1.36. The lowest BCUT2D eigenvalue weighted by molar-refractivity contribution is 0.438. The molecule has 2 aromatic carbocycles. The Kier molecular flexibility index (Phi) is 3.12. The number of rotatable bonds is 3. The molecule has 2 N–H and O–H groups in total. The zero-order valence-electron chi connectivity index (χ0n) is 12.6. The van der Waals surface area contributed by atoms with Gasteiger partial charge in [0.2, 0.25) is 0 Å². The van der Waals surface area contributed by atoms with Crippen molar-refractivity contribution < 1.29 is 4.74 Å². The lowest BCUT2D eigenvalue weighted by Crippen LogP contribution is -2.03. The number of ether oxygens (including phenoxy) is 1. The minimum Gasteiger partial charge on any atom is -0.458 e. The third kappa shape index (κ3) is 2.36. The maximum atomic E-state index is 6.27. The predicted octanol–water partition coefficient (Wildman–Crippen LogP) is 4.05. The lowest BCUT2D eigenvalue weighted by Gasteiger charge is -2.11. The van der Waals surface area contributed by atoms with E-state index in [1.54, 1.807) is 6.20 Å². The van der Waals surface area contributed by atoms with Crippen LogP contribution in [-0.2, 0) is 6.42 Å². The first-order valence-electron chi connectivity index (χ1n) is 7.50. The van der Waals surface area contributed by atoms with E-state index in [0.717, 1.165) is 39.8 Å². The normalized spacial score (nSPS) is 13.2.